The first-order chi connectivity index (χ1) is 10.1. The van der Waals surface area contributed by atoms with Crippen LogP contribution >= 0.6 is 11.8 Å². The fourth-order valence-electron chi connectivity index (χ4n) is 2.42. The molecule has 0 aromatic carbocycles. The Hall–Kier alpha value is -0.940. The molecule has 2 aliphatic heterocycles. The van der Waals surface area contributed by atoms with Gasteiger partial charge in [-0.2, -0.15) is 33.4 Å². The second-order valence-electron chi connectivity index (χ2n) is 4.89. The van der Waals surface area contributed by atoms with Crippen molar-refractivity contribution in [3.63, 3.8) is 0 Å². The summed E-state index contributed by atoms with van der Waals surface area (Å²) in [6, 6.07) is -0.737. The molecule has 0 spiro atoms. The molecular formula is C11H14F3NO5S2. The number of likely N-dealkylation sites (N-methyl/N-ethyl adjacent to an activating group) is 1. The summed E-state index contributed by atoms with van der Waals surface area (Å²) in [6.45, 7) is 0. The molecule has 0 saturated carbocycles. The number of fused-ring (bicyclic) bond motifs is 2. The highest BCUT2D eigenvalue weighted by atomic mass is 32.2. The monoisotopic (exact) mass is 361 g/mol. The van der Waals surface area contributed by atoms with Gasteiger partial charge in [-0.15, -0.1) is 0 Å². The highest BCUT2D eigenvalue weighted by molar-refractivity contribution is 7.99. The van der Waals surface area contributed by atoms with E-state index in [9.17, 15) is 26.4 Å². The molecule has 2 bridgehead atoms. The number of carbonyl (C=O) groups excluding carboxylic acids is 1. The number of alkyl halides is 3. The predicted molar refractivity (Wildman–Crippen MR) is 72.4 cm³/mol. The van der Waals surface area contributed by atoms with Crippen molar-refractivity contribution in [1.82, 2.24) is 4.90 Å². The third kappa shape index (κ3) is 3.06. The molecule has 22 heavy (non-hydrogen) atoms. The number of thioether (sulfide) groups is 1. The number of rotatable bonds is 3. The zero-order chi connectivity index (χ0) is 16.7. The van der Waals surface area contributed by atoms with E-state index >= 15 is 0 Å². The SMILES string of the molecule is COC(=O)C1=C(OS(=O)(=O)C(F)(F)F)CC2CSCC1N2C. The number of carbonyl (C=O) groups is 1. The minimum atomic E-state index is -5.81. The van der Waals surface area contributed by atoms with Gasteiger partial charge in [0.2, 0.25) is 0 Å². The van der Waals surface area contributed by atoms with Crippen molar-refractivity contribution >= 4 is 27.8 Å². The molecular weight excluding hydrogens is 347 g/mol. The molecule has 6 nitrogen and oxygen atoms in total. The average Bonchev–Trinajstić information content (AvgIpc) is 2.38. The summed E-state index contributed by atoms with van der Waals surface area (Å²) in [6.07, 6.45) is -0.0975. The summed E-state index contributed by atoms with van der Waals surface area (Å²) in [5.74, 6) is -0.306. The Bertz CT molecular complexity index is 601. The molecule has 11 heteroatoms. The van der Waals surface area contributed by atoms with Crippen molar-refractivity contribution in [2.24, 2.45) is 0 Å². The quantitative estimate of drug-likeness (QED) is 0.423. The number of hydrogen-bond acceptors (Lipinski definition) is 7. The molecule has 2 heterocycles. The lowest BCUT2D eigenvalue weighted by Gasteiger charge is -2.43. The Kier molecular flexibility index (Phi) is 4.69. The van der Waals surface area contributed by atoms with Gasteiger partial charge in [-0.3, -0.25) is 4.90 Å². The van der Waals surface area contributed by atoms with Gasteiger partial charge in [0.05, 0.1) is 18.7 Å². The molecule has 0 radical (unpaired) electrons. The standard InChI is InChI=1S/C11H14F3NO5S2/c1-15-6-3-8(20-22(17,18)11(12,13)14)9(10(16)19-2)7(15)5-21-4-6/h6-7H,3-5H2,1-2H3. The Morgan fingerprint density at radius 3 is 2.55 bits per heavy atom. The van der Waals surface area contributed by atoms with Crippen LogP contribution in [0.15, 0.2) is 11.3 Å². The summed E-state index contributed by atoms with van der Waals surface area (Å²) in [7, 11) is -3.01. The van der Waals surface area contributed by atoms with Crippen LogP contribution in [0.4, 0.5) is 13.2 Å². The third-order valence-electron chi connectivity index (χ3n) is 3.61. The van der Waals surface area contributed by atoms with E-state index in [1.165, 1.54) is 11.8 Å². The van der Waals surface area contributed by atoms with Crippen LogP contribution in [-0.4, -0.2) is 62.5 Å². The van der Waals surface area contributed by atoms with Gasteiger partial charge in [0.25, 0.3) is 0 Å². The van der Waals surface area contributed by atoms with Crippen molar-refractivity contribution in [3.05, 3.63) is 11.3 Å². The fourth-order valence-corrected chi connectivity index (χ4v) is 4.33. The molecule has 1 saturated heterocycles. The number of nitrogens with zero attached hydrogens (tertiary/aromatic N) is 1. The van der Waals surface area contributed by atoms with Crippen molar-refractivity contribution < 1.29 is 35.3 Å². The van der Waals surface area contributed by atoms with Crippen LogP contribution in [0.5, 0.6) is 0 Å². The molecule has 126 valence electrons. The summed E-state index contributed by atoms with van der Waals surface area (Å²) >= 11 is 1.54. The molecule has 2 rings (SSSR count). The molecule has 2 aliphatic rings. The van der Waals surface area contributed by atoms with Crippen LogP contribution in [0.2, 0.25) is 0 Å². The highest BCUT2D eigenvalue weighted by Gasteiger charge is 2.51. The highest BCUT2D eigenvalue weighted by Crippen LogP contribution is 2.38. The minimum Gasteiger partial charge on any atom is -0.466 e. The Labute approximate surface area is 129 Å². The maximum Gasteiger partial charge on any atom is 0.534 e. The first-order valence-corrected chi connectivity index (χ1v) is 8.76. The van der Waals surface area contributed by atoms with Gasteiger partial charge in [-0.25, -0.2) is 4.79 Å². The second-order valence-corrected chi connectivity index (χ2v) is 7.50. The van der Waals surface area contributed by atoms with Crippen molar-refractivity contribution in [2.75, 3.05) is 25.7 Å². The Morgan fingerprint density at radius 1 is 1.36 bits per heavy atom. The summed E-state index contributed by atoms with van der Waals surface area (Å²) in [5.41, 5.74) is -5.71. The van der Waals surface area contributed by atoms with Crippen LogP contribution in [0.3, 0.4) is 0 Å². The fraction of sp³-hybridized carbons (Fsp3) is 0.727. The van der Waals surface area contributed by atoms with E-state index in [1.807, 2.05) is 4.90 Å². The maximum atomic E-state index is 12.5. The van der Waals surface area contributed by atoms with Crippen molar-refractivity contribution in [1.29, 1.82) is 0 Å². The van der Waals surface area contributed by atoms with Gasteiger partial charge in [0.15, 0.2) is 0 Å². The van der Waals surface area contributed by atoms with Gasteiger partial charge in [0, 0.05) is 24.0 Å². The largest absolute Gasteiger partial charge is 0.534 e. The van der Waals surface area contributed by atoms with E-state index < -0.39 is 33.4 Å². The third-order valence-corrected chi connectivity index (χ3v) is 5.77. The van der Waals surface area contributed by atoms with Gasteiger partial charge < -0.3 is 8.92 Å². The number of hydrogen-bond donors (Lipinski definition) is 0. The van der Waals surface area contributed by atoms with Crippen LogP contribution in [0, 0.1) is 0 Å². The van der Waals surface area contributed by atoms with Gasteiger partial charge in [-0.05, 0) is 7.05 Å². The van der Waals surface area contributed by atoms with Crippen LogP contribution in [0.1, 0.15) is 6.42 Å². The number of ether oxygens (including phenoxy) is 1. The lowest BCUT2D eigenvalue weighted by atomic mass is 9.95. The van der Waals surface area contributed by atoms with E-state index in [0.717, 1.165) is 7.11 Å². The zero-order valence-electron chi connectivity index (χ0n) is 11.7. The van der Waals surface area contributed by atoms with E-state index in [4.69, 9.17) is 0 Å². The molecule has 0 N–H and O–H groups in total. The maximum absolute atomic E-state index is 12.5. The molecule has 0 amide bonds. The van der Waals surface area contributed by atoms with Crippen LogP contribution in [0.25, 0.3) is 0 Å². The predicted octanol–water partition coefficient (Wildman–Crippen LogP) is 1.10. The smallest absolute Gasteiger partial charge is 0.466 e. The molecule has 0 aromatic rings. The second kappa shape index (κ2) is 5.93. The molecule has 2 unspecified atom stereocenters. The molecule has 0 aromatic heterocycles. The normalized spacial score (nSPS) is 26.8. The lowest BCUT2D eigenvalue weighted by Crippen LogP contribution is -2.53. The molecule has 2 atom stereocenters. The number of methoxy groups -OCH3 is 1. The van der Waals surface area contributed by atoms with Crippen molar-refractivity contribution in [2.45, 2.75) is 24.0 Å². The molecule has 0 aliphatic carbocycles. The summed E-state index contributed by atoms with van der Waals surface area (Å²) in [4.78, 5) is 13.7. The van der Waals surface area contributed by atoms with E-state index in [0.29, 0.717) is 11.5 Å². The van der Waals surface area contributed by atoms with E-state index in [-0.39, 0.29) is 18.0 Å². The minimum absolute atomic E-state index is 0.0975. The van der Waals surface area contributed by atoms with Crippen molar-refractivity contribution in [3.8, 4) is 0 Å². The first kappa shape index (κ1) is 17.4. The summed E-state index contributed by atoms with van der Waals surface area (Å²) < 4.78 is 68.8. The zero-order valence-corrected chi connectivity index (χ0v) is 13.3. The van der Waals surface area contributed by atoms with E-state index in [2.05, 4.69) is 8.92 Å². The summed E-state index contributed by atoms with van der Waals surface area (Å²) in [5, 5.41) is 0. The number of esters is 1. The Balaban J connectivity index is 2.46. The average molecular weight is 361 g/mol. The van der Waals surface area contributed by atoms with E-state index in [1.54, 1.807) is 7.05 Å². The topological polar surface area (TPSA) is 72.9 Å². The lowest BCUT2D eigenvalue weighted by molar-refractivity contribution is -0.137. The van der Waals surface area contributed by atoms with Crippen LogP contribution < -0.4 is 0 Å². The Morgan fingerprint density at radius 2 is 2.00 bits per heavy atom. The molecule has 1 fully saturated rings. The first-order valence-electron chi connectivity index (χ1n) is 6.20. The van der Waals surface area contributed by atoms with Gasteiger partial charge in [0.1, 0.15) is 5.76 Å². The van der Waals surface area contributed by atoms with Gasteiger partial charge >= 0.3 is 21.6 Å². The number of halogens is 3. The van der Waals surface area contributed by atoms with Gasteiger partial charge in [-0.1, -0.05) is 0 Å². The van der Waals surface area contributed by atoms with Crippen LogP contribution in [-0.2, 0) is 23.8 Å².